The Morgan fingerprint density at radius 1 is 1.27 bits per heavy atom. The highest BCUT2D eigenvalue weighted by molar-refractivity contribution is 5.89. The fourth-order valence-corrected chi connectivity index (χ4v) is 1.71. The predicted molar refractivity (Wildman–Crippen MR) is 69.4 cm³/mol. The summed E-state index contributed by atoms with van der Waals surface area (Å²) in [5.74, 6) is -2.45. The van der Waals surface area contributed by atoms with Crippen molar-refractivity contribution in [2.24, 2.45) is 0 Å². The molecule has 2 rings (SSSR count). The van der Waals surface area contributed by atoms with Crippen molar-refractivity contribution in [3.8, 4) is 17.2 Å². The SMILES string of the molecule is CCOC(=O)c1nc(-c2ccc(OC)cc2)oc1C(F)(F)F. The van der Waals surface area contributed by atoms with E-state index in [4.69, 9.17) is 9.15 Å². The molecule has 0 aliphatic rings. The van der Waals surface area contributed by atoms with E-state index in [0.29, 0.717) is 5.75 Å². The number of aromatic nitrogens is 1. The van der Waals surface area contributed by atoms with Crippen LogP contribution >= 0.6 is 0 Å². The molecule has 5 nitrogen and oxygen atoms in total. The third-order valence-corrected chi connectivity index (χ3v) is 2.69. The third kappa shape index (κ3) is 3.21. The molecule has 0 unspecified atom stereocenters. The maximum Gasteiger partial charge on any atom is 0.452 e. The van der Waals surface area contributed by atoms with E-state index in [2.05, 4.69) is 9.72 Å². The van der Waals surface area contributed by atoms with Gasteiger partial charge >= 0.3 is 12.1 Å². The van der Waals surface area contributed by atoms with Crippen LogP contribution in [0.25, 0.3) is 11.5 Å². The van der Waals surface area contributed by atoms with Gasteiger partial charge < -0.3 is 13.9 Å². The normalized spacial score (nSPS) is 11.3. The number of rotatable bonds is 4. The van der Waals surface area contributed by atoms with Crippen LogP contribution in [-0.4, -0.2) is 24.7 Å². The molecule has 8 heteroatoms. The van der Waals surface area contributed by atoms with Gasteiger partial charge in [-0.25, -0.2) is 9.78 Å². The van der Waals surface area contributed by atoms with E-state index in [1.165, 1.54) is 38.3 Å². The summed E-state index contributed by atoms with van der Waals surface area (Å²) < 4.78 is 53.1. The Morgan fingerprint density at radius 3 is 2.41 bits per heavy atom. The highest BCUT2D eigenvalue weighted by Gasteiger charge is 2.42. The molecule has 1 heterocycles. The summed E-state index contributed by atoms with van der Waals surface area (Å²) in [4.78, 5) is 15.2. The molecule has 0 fully saturated rings. The summed E-state index contributed by atoms with van der Waals surface area (Å²) in [6.45, 7) is 1.41. The summed E-state index contributed by atoms with van der Waals surface area (Å²) in [5, 5.41) is 0. The largest absolute Gasteiger partial charge is 0.497 e. The molecule has 0 aliphatic heterocycles. The Balaban J connectivity index is 2.47. The number of halogens is 3. The van der Waals surface area contributed by atoms with E-state index in [9.17, 15) is 18.0 Å². The number of nitrogens with zero attached hydrogens (tertiary/aromatic N) is 1. The number of methoxy groups -OCH3 is 1. The first-order chi connectivity index (χ1) is 10.4. The number of alkyl halides is 3. The van der Waals surface area contributed by atoms with Crippen LogP contribution in [-0.2, 0) is 10.9 Å². The summed E-state index contributed by atoms with van der Waals surface area (Å²) in [6.07, 6.45) is -4.85. The molecule has 0 spiro atoms. The van der Waals surface area contributed by atoms with Crippen LogP contribution in [0.1, 0.15) is 23.2 Å². The van der Waals surface area contributed by atoms with Gasteiger partial charge in [0.15, 0.2) is 5.69 Å². The van der Waals surface area contributed by atoms with E-state index in [1.807, 2.05) is 0 Å². The number of carbonyl (C=O) groups excluding carboxylic acids is 1. The number of hydrogen-bond acceptors (Lipinski definition) is 5. The molecule has 0 amide bonds. The molecule has 0 radical (unpaired) electrons. The van der Waals surface area contributed by atoms with Crippen LogP contribution < -0.4 is 4.74 Å². The minimum absolute atomic E-state index is 0.0686. The zero-order chi connectivity index (χ0) is 16.3. The summed E-state index contributed by atoms with van der Waals surface area (Å²) >= 11 is 0. The standard InChI is InChI=1S/C14H12F3NO4/c1-3-21-13(19)10-11(14(15,16)17)22-12(18-10)8-4-6-9(20-2)7-5-8/h4-7H,3H2,1-2H3. The summed E-state index contributed by atoms with van der Waals surface area (Å²) in [6, 6.07) is 6.02. The first-order valence-electron chi connectivity index (χ1n) is 6.26. The van der Waals surface area contributed by atoms with Crippen LogP contribution in [0, 0.1) is 0 Å². The minimum atomic E-state index is -4.85. The van der Waals surface area contributed by atoms with Gasteiger partial charge in [0, 0.05) is 5.56 Å². The summed E-state index contributed by atoms with van der Waals surface area (Å²) in [5.41, 5.74) is -0.609. The van der Waals surface area contributed by atoms with Crippen molar-refractivity contribution < 1.29 is 31.9 Å². The first-order valence-corrected chi connectivity index (χ1v) is 6.26. The van der Waals surface area contributed by atoms with Gasteiger partial charge in [-0.3, -0.25) is 0 Å². The quantitative estimate of drug-likeness (QED) is 0.808. The fourth-order valence-electron chi connectivity index (χ4n) is 1.71. The molecule has 0 bridgehead atoms. The minimum Gasteiger partial charge on any atom is -0.497 e. The van der Waals surface area contributed by atoms with E-state index in [1.54, 1.807) is 0 Å². The lowest BCUT2D eigenvalue weighted by Crippen LogP contribution is -2.13. The van der Waals surface area contributed by atoms with Crippen LogP contribution in [0.5, 0.6) is 5.75 Å². The van der Waals surface area contributed by atoms with Crippen LogP contribution in [0.4, 0.5) is 13.2 Å². The van der Waals surface area contributed by atoms with Crippen molar-refractivity contribution in [1.29, 1.82) is 0 Å². The molecule has 1 aromatic heterocycles. The maximum atomic E-state index is 12.9. The van der Waals surface area contributed by atoms with E-state index in [-0.39, 0.29) is 18.1 Å². The Bertz CT molecular complexity index is 662. The summed E-state index contributed by atoms with van der Waals surface area (Å²) in [7, 11) is 1.46. The molecule has 118 valence electrons. The number of carbonyl (C=O) groups is 1. The number of ether oxygens (including phenoxy) is 2. The molecule has 1 aromatic carbocycles. The molecule has 0 saturated heterocycles. The number of hydrogen-bond donors (Lipinski definition) is 0. The smallest absolute Gasteiger partial charge is 0.452 e. The van der Waals surface area contributed by atoms with Crippen LogP contribution in [0.2, 0.25) is 0 Å². The lowest BCUT2D eigenvalue weighted by Gasteiger charge is -2.03. The van der Waals surface area contributed by atoms with Gasteiger partial charge in [0.2, 0.25) is 11.7 Å². The number of oxazole rings is 1. The van der Waals surface area contributed by atoms with Gasteiger partial charge in [-0.15, -0.1) is 0 Å². The average molecular weight is 315 g/mol. The van der Waals surface area contributed by atoms with Gasteiger partial charge in [0.05, 0.1) is 13.7 Å². The zero-order valence-electron chi connectivity index (χ0n) is 11.7. The molecular weight excluding hydrogens is 303 g/mol. The number of benzene rings is 1. The van der Waals surface area contributed by atoms with Crippen LogP contribution in [0.3, 0.4) is 0 Å². The van der Waals surface area contributed by atoms with Gasteiger partial charge in [-0.1, -0.05) is 0 Å². The van der Waals surface area contributed by atoms with E-state index in [0.717, 1.165) is 0 Å². The zero-order valence-corrected chi connectivity index (χ0v) is 11.7. The molecule has 22 heavy (non-hydrogen) atoms. The van der Waals surface area contributed by atoms with Crippen molar-refractivity contribution >= 4 is 5.97 Å². The lowest BCUT2D eigenvalue weighted by molar-refractivity contribution is -0.153. The number of esters is 1. The second-order valence-electron chi connectivity index (χ2n) is 4.14. The van der Waals surface area contributed by atoms with Gasteiger partial charge in [-0.2, -0.15) is 13.2 Å². The highest BCUT2D eigenvalue weighted by Crippen LogP contribution is 2.35. The Morgan fingerprint density at radius 2 is 1.91 bits per heavy atom. The topological polar surface area (TPSA) is 61.6 Å². The average Bonchev–Trinajstić information content (AvgIpc) is 2.93. The Kier molecular flexibility index (Phi) is 4.39. The van der Waals surface area contributed by atoms with Crippen molar-refractivity contribution in [2.45, 2.75) is 13.1 Å². The monoisotopic (exact) mass is 315 g/mol. The maximum absolute atomic E-state index is 12.9. The first kappa shape index (κ1) is 15.9. The second-order valence-corrected chi connectivity index (χ2v) is 4.14. The molecule has 0 aliphatic carbocycles. The highest BCUT2D eigenvalue weighted by atomic mass is 19.4. The molecular formula is C14H12F3NO4. The van der Waals surface area contributed by atoms with Gasteiger partial charge in [0.1, 0.15) is 5.75 Å². The van der Waals surface area contributed by atoms with E-state index < -0.39 is 23.6 Å². The van der Waals surface area contributed by atoms with Crippen molar-refractivity contribution in [2.75, 3.05) is 13.7 Å². The van der Waals surface area contributed by atoms with Gasteiger partial charge in [0.25, 0.3) is 0 Å². The Labute approximate surface area is 123 Å². The van der Waals surface area contributed by atoms with Crippen molar-refractivity contribution in [3.63, 3.8) is 0 Å². The Hall–Kier alpha value is -2.51. The molecule has 0 N–H and O–H groups in total. The van der Waals surface area contributed by atoms with Crippen molar-refractivity contribution in [3.05, 3.63) is 35.7 Å². The second kappa shape index (κ2) is 6.08. The van der Waals surface area contributed by atoms with Crippen molar-refractivity contribution in [1.82, 2.24) is 4.98 Å². The van der Waals surface area contributed by atoms with Gasteiger partial charge in [-0.05, 0) is 31.2 Å². The predicted octanol–water partition coefficient (Wildman–Crippen LogP) is 3.55. The lowest BCUT2D eigenvalue weighted by atomic mass is 10.2. The third-order valence-electron chi connectivity index (χ3n) is 2.69. The molecule has 0 saturated carbocycles. The molecule has 2 aromatic rings. The van der Waals surface area contributed by atoms with Crippen LogP contribution in [0.15, 0.2) is 28.7 Å². The van der Waals surface area contributed by atoms with E-state index >= 15 is 0 Å². The molecule has 0 atom stereocenters. The fraction of sp³-hybridized carbons (Fsp3) is 0.286.